The first-order valence-electron chi connectivity index (χ1n) is 9.40. The van der Waals surface area contributed by atoms with Gasteiger partial charge in [0.1, 0.15) is 17.4 Å². The zero-order chi connectivity index (χ0) is 22.9. The molecule has 0 aliphatic heterocycles. The number of nitriles is 1. The fourth-order valence-corrected chi connectivity index (χ4v) is 3.49. The monoisotopic (exact) mass is 649 g/mol. The maximum Gasteiger partial charge on any atom is 0.266 e. The van der Waals surface area contributed by atoms with Gasteiger partial charge in [-0.15, -0.1) is 0 Å². The number of benzene rings is 3. The summed E-state index contributed by atoms with van der Waals surface area (Å²) in [6, 6.07) is 23.5. The van der Waals surface area contributed by atoms with Gasteiger partial charge in [-0.05, 0) is 105 Å². The number of carbonyl (C=O) groups excluding carboxylic acids is 2. The number of rotatable bonds is 7. The van der Waals surface area contributed by atoms with E-state index in [0.29, 0.717) is 17.0 Å². The van der Waals surface area contributed by atoms with Gasteiger partial charge in [-0.2, -0.15) is 5.26 Å². The van der Waals surface area contributed by atoms with Crippen LogP contribution >= 0.6 is 45.2 Å². The molecule has 0 heterocycles. The second kappa shape index (κ2) is 11.6. The summed E-state index contributed by atoms with van der Waals surface area (Å²) in [6.07, 6.45) is 1.50. The van der Waals surface area contributed by atoms with Crippen LogP contribution in [0.2, 0.25) is 0 Å². The molecule has 3 aromatic carbocycles. The lowest BCUT2D eigenvalue weighted by Crippen LogP contribution is -2.20. The van der Waals surface area contributed by atoms with Gasteiger partial charge >= 0.3 is 0 Å². The average Bonchev–Trinajstić information content (AvgIpc) is 2.80. The minimum atomic E-state index is -0.485. The second-order valence-electron chi connectivity index (χ2n) is 6.52. The lowest BCUT2D eigenvalue weighted by atomic mass is 10.1. The van der Waals surface area contributed by atoms with Crippen LogP contribution in [0.5, 0.6) is 5.75 Å². The van der Waals surface area contributed by atoms with E-state index >= 15 is 0 Å². The highest BCUT2D eigenvalue weighted by Gasteiger charge is 2.10. The van der Waals surface area contributed by atoms with Crippen molar-refractivity contribution in [3.05, 3.63) is 91.1 Å². The molecule has 3 aromatic rings. The summed E-state index contributed by atoms with van der Waals surface area (Å²) >= 11 is 4.32. The number of anilines is 2. The molecule has 32 heavy (non-hydrogen) atoms. The van der Waals surface area contributed by atoms with Gasteiger partial charge < -0.3 is 15.4 Å². The number of ether oxygens (including phenoxy) is 1. The number of carbonyl (C=O) groups is 2. The van der Waals surface area contributed by atoms with Gasteiger partial charge in [0, 0.05) is 12.8 Å². The van der Waals surface area contributed by atoms with Gasteiger partial charge in [0.05, 0.1) is 5.69 Å². The highest BCUT2D eigenvalue weighted by Crippen LogP contribution is 2.18. The number of amides is 2. The van der Waals surface area contributed by atoms with Gasteiger partial charge in [0.25, 0.3) is 11.8 Å². The predicted molar refractivity (Wildman–Crippen MR) is 141 cm³/mol. The summed E-state index contributed by atoms with van der Waals surface area (Å²) < 4.78 is 7.51. The van der Waals surface area contributed by atoms with E-state index in [1.807, 2.05) is 42.5 Å². The zero-order valence-corrected chi connectivity index (χ0v) is 21.0. The Morgan fingerprint density at radius 3 is 2.28 bits per heavy atom. The number of nitrogens with one attached hydrogen (secondary N) is 2. The molecule has 0 bridgehead atoms. The summed E-state index contributed by atoms with van der Waals surface area (Å²) in [5.41, 5.74) is 1.99. The molecule has 8 heteroatoms. The fraction of sp³-hybridized carbons (Fsp3) is 0.0417. The van der Waals surface area contributed by atoms with Crippen molar-refractivity contribution >= 4 is 74.4 Å². The molecule has 0 unspecified atom stereocenters. The van der Waals surface area contributed by atoms with Crippen LogP contribution in [0.4, 0.5) is 11.4 Å². The molecule has 0 aliphatic carbocycles. The molecule has 0 atom stereocenters. The maximum absolute atomic E-state index is 12.4. The van der Waals surface area contributed by atoms with Crippen molar-refractivity contribution < 1.29 is 14.3 Å². The smallest absolute Gasteiger partial charge is 0.266 e. The molecular weight excluding hydrogens is 632 g/mol. The minimum absolute atomic E-state index is 0.0194. The van der Waals surface area contributed by atoms with Gasteiger partial charge in [0.2, 0.25) is 0 Å². The summed E-state index contributed by atoms with van der Waals surface area (Å²) in [5, 5.41) is 14.9. The van der Waals surface area contributed by atoms with E-state index in [1.165, 1.54) is 6.08 Å². The third kappa shape index (κ3) is 7.06. The van der Waals surface area contributed by atoms with Crippen LogP contribution in [0.3, 0.4) is 0 Å². The Hall–Kier alpha value is -2.91. The third-order valence-corrected chi connectivity index (χ3v) is 5.84. The number of hydrogen-bond donors (Lipinski definition) is 2. The summed E-state index contributed by atoms with van der Waals surface area (Å²) in [6.45, 7) is -0.137. The number of hydrogen-bond acceptors (Lipinski definition) is 4. The fourth-order valence-electron chi connectivity index (χ4n) is 2.60. The van der Waals surface area contributed by atoms with Crippen molar-refractivity contribution in [2.24, 2.45) is 0 Å². The maximum atomic E-state index is 12.4. The van der Waals surface area contributed by atoms with Crippen LogP contribution in [-0.2, 0) is 9.59 Å². The van der Waals surface area contributed by atoms with Crippen molar-refractivity contribution in [2.45, 2.75) is 0 Å². The highest BCUT2D eigenvalue weighted by atomic mass is 127. The highest BCUT2D eigenvalue weighted by molar-refractivity contribution is 14.1. The van der Waals surface area contributed by atoms with Crippen LogP contribution in [-0.4, -0.2) is 18.4 Å². The van der Waals surface area contributed by atoms with Crippen molar-refractivity contribution in [2.75, 3.05) is 17.2 Å². The molecule has 0 fully saturated rings. The molecule has 0 spiro atoms. The lowest BCUT2D eigenvalue weighted by molar-refractivity contribution is -0.118. The first-order valence-corrected chi connectivity index (χ1v) is 11.6. The third-order valence-electron chi connectivity index (χ3n) is 4.18. The molecule has 0 aromatic heterocycles. The van der Waals surface area contributed by atoms with E-state index in [2.05, 4.69) is 55.8 Å². The molecule has 160 valence electrons. The Morgan fingerprint density at radius 1 is 0.938 bits per heavy atom. The Labute approximate surface area is 212 Å². The Kier molecular flexibility index (Phi) is 8.64. The molecule has 0 radical (unpaired) electrons. The quantitative estimate of drug-likeness (QED) is 0.202. The van der Waals surface area contributed by atoms with Crippen molar-refractivity contribution in [3.63, 3.8) is 0 Å². The minimum Gasteiger partial charge on any atom is -0.484 e. The lowest BCUT2D eigenvalue weighted by Gasteiger charge is -2.09. The summed E-state index contributed by atoms with van der Waals surface area (Å²) in [5.74, 6) is -0.250. The normalized spacial score (nSPS) is 10.7. The van der Waals surface area contributed by atoms with Crippen LogP contribution in [0.1, 0.15) is 5.56 Å². The molecule has 0 aliphatic rings. The molecule has 6 nitrogen and oxygen atoms in total. The largest absolute Gasteiger partial charge is 0.484 e. The van der Waals surface area contributed by atoms with E-state index < -0.39 is 5.91 Å². The Balaban J connectivity index is 1.57. The van der Waals surface area contributed by atoms with Gasteiger partial charge in [-0.3, -0.25) is 9.59 Å². The molecule has 2 N–H and O–H groups in total. The topological polar surface area (TPSA) is 91.2 Å². The molecule has 2 amide bonds. The molecular formula is C24H17I2N3O3. The van der Waals surface area contributed by atoms with Crippen LogP contribution in [0, 0.1) is 18.5 Å². The summed E-state index contributed by atoms with van der Waals surface area (Å²) in [4.78, 5) is 24.5. The van der Waals surface area contributed by atoms with E-state index in [1.54, 1.807) is 36.4 Å². The average molecular weight is 649 g/mol. The number of para-hydroxylation sites is 1. The Bertz CT molecular complexity index is 1180. The van der Waals surface area contributed by atoms with Gasteiger partial charge in [-0.25, -0.2) is 0 Å². The zero-order valence-electron chi connectivity index (χ0n) is 16.6. The van der Waals surface area contributed by atoms with E-state index in [4.69, 9.17) is 4.74 Å². The molecule has 0 saturated heterocycles. The van der Waals surface area contributed by atoms with E-state index in [-0.39, 0.29) is 18.1 Å². The summed E-state index contributed by atoms with van der Waals surface area (Å²) in [7, 11) is 0. The van der Waals surface area contributed by atoms with Crippen LogP contribution in [0.15, 0.2) is 78.4 Å². The van der Waals surface area contributed by atoms with Crippen molar-refractivity contribution in [3.8, 4) is 11.8 Å². The molecule has 3 rings (SSSR count). The second-order valence-corrected chi connectivity index (χ2v) is 8.92. The van der Waals surface area contributed by atoms with E-state index in [9.17, 15) is 14.9 Å². The van der Waals surface area contributed by atoms with Gasteiger partial charge in [-0.1, -0.05) is 24.3 Å². The van der Waals surface area contributed by atoms with Gasteiger partial charge in [0.15, 0.2) is 6.61 Å². The first-order chi connectivity index (χ1) is 15.4. The number of nitrogens with zero attached hydrogens (tertiary/aromatic N) is 1. The van der Waals surface area contributed by atoms with Crippen LogP contribution in [0.25, 0.3) is 6.08 Å². The van der Waals surface area contributed by atoms with Crippen molar-refractivity contribution in [1.82, 2.24) is 0 Å². The van der Waals surface area contributed by atoms with E-state index in [0.717, 1.165) is 12.8 Å². The number of halogens is 2. The Morgan fingerprint density at radius 2 is 1.62 bits per heavy atom. The standard InChI is InChI=1S/C24H17I2N3O3/c25-18-7-9-19(10-8-18)28-24(31)17(14-27)13-16-5-11-20(12-6-16)32-15-23(30)29-22-4-2-1-3-21(22)26/h1-13H,15H2,(H,28,31)(H,29,30)/b17-13-. The predicted octanol–water partition coefficient (Wildman–Crippen LogP) is 5.46. The first kappa shape index (κ1) is 23.7. The SMILES string of the molecule is N#C/C(=C/c1ccc(OCC(=O)Nc2ccccc2I)cc1)C(=O)Nc1ccc(I)cc1. The van der Waals surface area contributed by atoms with Crippen molar-refractivity contribution in [1.29, 1.82) is 5.26 Å². The van der Waals surface area contributed by atoms with Crippen LogP contribution < -0.4 is 15.4 Å². The molecule has 0 saturated carbocycles.